The molecular formula is C18H20N4O4S. The highest BCUT2D eigenvalue weighted by molar-refractivity contribution is 7.14. The van der Waals surface area contributed by atoms with E-state index in [2.05, 4.69) is 5.32 Å². The minimum Gasteiger partial charge on any atom is -0.477 e. The fourth-order valence-corrected chi connectivity index (χ4v) is 3.62. The molecule has 1 unspecified atom stereocenters. The third-order valence-electron chi connectivity index (χ3n) is 4.10. The summed E-state index contributed by atoms with van der Waals surface area (Å²) in [4.78, 5) is 39.5. The van der Waals surface area contributed by atoms with Crippen molar-refractivity contribution in [2.24, 2.45) is 5.73 Å². The molecule has 2 heterocycles. The number of anilines is 2. The van der Waals surface area contributed by atoms with E-state index in [4.69, 9.17) is 10.5 Å². The summed E-state index contributed by atoms with van der Waals surface area (Å²) in [5, 5.41) is 4.82. The molecule has 3 rings (SSSR count). The number of thiophene rings is 1. The van der Waals surface area contributed by atoms with Gasteiger partial charge in [-0.15, -0.1) is 11.3 Å². The normalized spacial score (nSPS) is 15.5. The minimum absolute atomic E-state index is 0.00762. The van der Waals surface area contributed by atoms with Crippen molar-refractivity contribution < 1.29 is 19.1 Å². The van der Waals surface area contributed by atoms with Crippen molar-refractivity contribution in [3.63, 3.8) is 0 Å². The molecule has 0 spiro atoms. The summed E-state index contributed by atoms with van der Waals surface area (Å²) < 4.78 is 5.80. The fourth-order valence-electron chi connectivity index (χ4n) is 2.81. The number of amides is 3. The molecule has 1 aliphatic rings. The van der Waals surface area contributed by atoms with Crippen LogP contribution in [0.2, 0.25) is 0 Å². The van der Waals surface area contributed by atoms with Gasteiger partial charge in [-0.3, -0.25) is 14.4 Å². The second-order valence-electron chi connectivity index (χ2n) is 6.26. The predicted molar refractivity (Wildman–Crippen MR) is 103 cm³/mol. The third-order valence-corrected chi connectivity index (χ3v) is 4.93. The zero-order chi connectivity index (χ0) is 19.6. The van der Waals surface area contributed by atoms with Gasteiger partial charge in [-0.05, 0) is 23.6 Å². The first-order chi connectivity index (χ1) is 12.9. The first-order valence-electron chi connectivity index (χ1n) is 8.25. The number of hydrogen-bond acceptors (Lipinski definition) is 6. The summed E-state index contributed by atoms with van der Waals surface area (Å²) in [7, 11) is 3.32. The van der Waals surface area contributed by atoms with E-state index in [-0.39, 0.29) is 30.5 Å². The van der Waals surface area contributed by atoms with E-state index in [9.17, 15) is 14.4 Å². The number of nitrogens with one attached hydrogen (secondary N) is 1. The number of hydrogen-bond donors (Lipinski definition) is 2. The van der Waals surface area contributed by atoms with Crippen LogP contribution < -0.4 is 20.7 Å². The Morgan fingerprint density at radius 1 is 1.30 bits per heavy atom. The van der Waals surface area contributed by atoms with Gasteiger partial charge in [0.1, 0.15) is 10.8 Å². The van der Waals surface area contributed by atoms with Gasteiger partial charge in [-0.1, -0.05) is 12.1 Å². The standard InChI is InChI=1S/C18H20N4O4S/c1-21(2)18(25)14-9-22(12-5-3-4-6-13(12)26-14)10-15(23)20-17-11(16(19)24)7-8-27-17/h3-8,14H,9-10H2,1-2H3,(H2,19,24)(H,20,23). The summed E-state index contributed by atoms with van der Waals surface area (Å²) in [5.74, 6) is -0.539. The largest absolute Gasteiger partial charge is 0.477 e. The average molecular weight is 388 g/mol. The maximum absolute atomic E-state index is 12.5. The predicted octanol–water partition coefficient (Wildman–Crippen LogP) is 1.14. The molecule has 0 aliphatic carbocycles. The van der Waals surface area contributed by atoms with Crippen molar-refractivity contribution >= 4 is 39.7 Å². The maximum Gasteiger partial charge on any atom is 0.265 e. The number of carbonyl (C=O) groups is 3. The number of fused-ring (bicyclic) bond motifs is 1. The van der Waals surface area contributed by atoms with E-state index in [1.54, 1.807) is 36.5 Å². The summed E-state index contributed by atoms with van der Waals surface area (Å²) in [5.41, 5.74) is 6.32. The maximum atomic E-state index is 12.5. The lowest BCUT2D eigenvalue weighted by molar-refractivity contribution is -0.136. The molecule has 0 fully saturated rings. The zero-order valence-electron chi connectivity index (χ0n) is 15.0. The number of primary amides is 1. The Morgan fingerprint density at radius 2 is 2.04 bits per heavy atom. The van der Waals surface area contributed by atoms with Crippen LogP contribution in [0.4, 0.5) is 10.7 Å². The molecule has 9 heteroatoms. The summed E-state index contributed by atoms with van der Waals surface area (Å²) in [6, 6.07) is 8.81. The fraction of sp³-hybridized carbons (Fsp3) is 0.278. The highest BCUT2D eigenvalue weighted by atomic mass is 32.1. The second-order valence-corrected chi connectivity index (χ2v) is 7.18. The number of ether oxygens (including phenoxy) is 1. The topological polar surface area (TPSA) is 105 Å². The quantitative estimate of drug-likeness (QED) is 0.799. The van der Waals surface area contributed by atoms with Gasteiger partial charge in [0.25, 0.3) is 11.8 Å². The number of nitrogens with two attached hydrogens (primary N) is 1. The first-order valence-corrected chi connectivity index (χ1v) is 9.13. The van der Waals surface area contributed by atoms with Gasteiger partial charge in [-0.2, -0.15) is 0 Å². The molecule has 1 aromatic heterocycles. The molecule has 1 atom stereocenters. The molecule has 3 amide bonds. The number of benzene rings is 1. The molecule has 8 nitrogen and oxygen atoms in total. The van der Waals surface area contributed by atoms with Crippen molar-refractivity contribution in [1.29, 1.82) is 0 Å². The van der Waals surface area contributed by atoms with E-state index in [0.717, 1.165) is 5.69 Å². The Bertz CT molecular complexity index is 880. The molecule has 2 aromatic rings. The van der Waals surface area contributed by atoms with Crippen LogP contribution in [-0.2, 0) is 9.59 Å². The van der Waals surface area contributed by atoms with Gasteiger partial charge in [0.05, 0.1) is 24.3 Å². The molecule has 0 radical (unpaired) electrons. The van der Waals surface area contributed by atoms with Crippen molar-refractivity contribution in [3.8, 4) is 5.75 Å². The lowest BCUT2D eigenvalue weighted by atomic mass is 10.1. The smallest absolute Gasteiger partial charge is 0.265 e. The molecule has 142 valence electrons. The van der Waals surface area contributed by atoms with Crippen LogP contribution in [0, 0.1) is 0 Å². The van der Waals surface area contributed by atoms with Crippen LogP contribution in [0.25, 0.3) is 0 Å². The van der Waals surface area contributed by atoms with E-state index in [1.165, 1.54) is 16.2 Å². The minimum atomic E-state index is -0.703. The second kappa shape index (κ2) is 7.67. The number of para-hydroxylation sites is 2. The monoisotopic (exact) mass is 388 g/mol. The highest BCUT2D eigenvalue weighted by Crippen LogP contribution is 2.33. The Kier molecular flexibility index (Phi) is 5.31. The average Bonchev–Trinajstić information content (AvgIpc) is 3.09. The molecule has 0 saturated carbocycles. The van der Waals surface area contributed by atoms with Gasteiger partial charge in [0.15, 0.2) is 6.10 Å². The SMILES string of the molecule is CN(C)C(=O)C1CN(CC(=O)Nc2sccc2C(N)=O)c2ccccc2O1. The van der Waals surface area contributed by atoms with Crippen molar-refractivity contribution in [3.05, 3.63) is 41.3 Å². The molecular weight excluding hydrogens is 368 g/mol. The van der Waals surface area contributed by atoms with E-state index >= 15 is 0 Å². The number of likely N-dealkylation sites (N-methyl/N-ethyl adjacent to an activating group) is 1. The van der Waals surface area contributed by atoms with Gasteiger partial charge in [-0.25, -0.2) is 0 Å². The van der Waals surface area contributed by atoms with E-state index in [1.807, 2.05) is 18.2 Å². The van der Waals surface area contributed by atoms with Crippen molar-refractivity contribution in [2.75, 3.05) is 37.4 Å². The third kappa shape index (κ3) is 4.03. The summed E-state index contributed by atoms with van der Waals surface area (Å²) >= 11 is 1.23. The zero-order valence-corrected chi connectivity index (χ0v) is 15.8. The van der Waals surface area contributed by atoms with E-state index < -0.39 is 12.0 Å². The van der Waals surface area contributed by atoms with Crippen molar-refractivity contribution in [2.45, 2.75) is 6.10 Å². The molecule has 1 aromatic carbocycles. The van der Waals surface area contributed by atoms with Crippen LogP contribution in [0.1, 0.15) is 10.4 Å². The van der Waals surface area contributed by atoms with Crippen molar-refractivity contribution in [1.82, 2.24) is 4.90 Å². The Labute approximate surface area is 160 Å². The number of rotatable bonds is 5. The summed E-state index contributed by atoms with van der Waals surface area (Å²) in [6.45, 7) is 0.252. The van der Waals surface area contributed by atoms with Crippen LogP contribution in [0.5, 0.6) is 5.75 Å². The van der Waals surface area contributed by atoms with Gasteiger partial charge in [0, 0.05) is 14.1 Å². The Balaban J connectivity index is 1.78. The van der Waals surface area contributed by atoms with Crippen LogP contribution in [0.15, 0.2) is 35.7 Å². The Hall–Kier alpha value is -3.07. The lowest BCUT2D eigenvalue weighted by Crippen LogP contribution is -2.50. The van der Waals surface area contributed by atoms with Crippen LogP contribution in [0.3, 0.4) is 0 Å². The first kappa shape index (κ1) is 18.7. The lowest BCUT2D eigenvalue weighted by Gasteiger charge is -2.36. The molecule has 3 N–H and O–H groups in total. The molecule has 27 heavy (non-hydrogen) atoms. The van der Waals surface area contributed by atoms with Crippen LogP contribution >= 0.6 is 11.3 Å². The number of carbonyl (C=O) groups excluding carboxylic acids is 3. The van der Waals surface area contributed by atoms with Crippen LogP contribution in [-0.4, -0.2) is 55.9 Å². The van der Waals surface area contributed by atoms with Gasteiger partial charge >= 0.3 is 0 Å². The molecule has 0 bridgehead atoms. The Morgan fingerprint density at radius 3 is 2.74 bits per heavy atom. The molecule has 0 saturated heterocycles. The summed E-state index contributed by atoms with van der Waals surface area (Å²) in [6.07, 6.45) is -0.703. The van der Waals surface area contributed by atoms with E-state index in [0.29, 0.717) is 10.8 Å². The van der Waals surface area contributed by atoms with Gasteiger partial charge < -0.3 is 25.6 Å². The highest BCUT2D eigenvalue weighted by Gasteiger charge is 2.32. The molecule has 1 aliphatic heterocycles. The van der Waals surface area contributed by atoms with Gasteiger partial charge in [0.2, 0.25) is 5.91 Å². The number of nitrogens with zero attached hydrogens (tertiary/aromatic N) is 2.